The number of hydrogen-bond donors (Lipinski definition) is 2. The molecule has 0 aliphatic rings. The fourth-order valence-electron chi connectivity index (χ4n) is 2.46. The molecule has 0 saturated heterocycles. The van der Waals surface area contributed by atoms with E-state index in [1.165, 1.54) is 0 Å². The number of hydrazone groups is 1. The molecule has 29 heavy (non-hydrogen) atoms. The van der Waals surface area contributed by atoms with Crippen molar-refractivity contribution in [2.24, 2.45) is 5.10 Å². The van der Waals surface area contributed by atoms with Crippen LogP contribution >= 0.6 is 56.8 Å². The first kappa shape index (κ1) is 21.8. The number of carbonyl (C=O) groups excluding carboxylic acids is 1. The zero-order valence-electron chi connectivity index (χ0n) is 15.0. The van der Waals surface area contributed by atoms with E-state index in [1.807, 2.05) is 36.4 Å². The van der Waals surface area contributed by atoms with Gasteiger partial charge in [-0.2, -0.15) is 5.10 Å². The maximum absolute atomic E-state index is 12.1. The number of amides is 1. The van der Waals surface area contributed by atoms with Gasteiger partial charge in [-0.1, -0.05) is 35.9 Å². The number of nitrogens with one attached hydrogen (secondary N) is 1. The fourth-order valence-corrected chi connectivity index (χ4v) is 4.71. The van der Waals surface area contributed by atoms with Gasteiger partial charge in [-0.3, -0.25) is 4.79 Å². The first-order valence-corrected chi connectivity index (χ1v) is 11.0. The molecule has 0 unspecified atom stereocenters. The molecule has 148 valence electrons. The van der Waals surface area contributed by atoms with Crippen molar-refractivity contribution < 1.29 is 9.53 Å². The number of anilines is 1. The molecule has 3 aromatic carbocycles. The molecule has 0 radical (unpaired) electrons. The van der Waals surface area contributed by atoms with E-state index in [0.29, 0.717) is 22.9 Å². The largest absolute Gasteiger partial charge is 0.487 e. The number of ether oxygens (including phenoxy) is 1. The Labute approximate surface area is 200 Å². The number of nitrogen functional groups attached to an aromatic ring is 1. The molecular weight excluding hydrogens is 616 g/mol. The van der Waals surface area contributed by atoms with Crippen molar-refractivity contribution in [3.8, 4) is 5.75 Å². The number of halogens is 3. The van der Waals surface area contributed by atoms with Crippen LogP contribution < -0.4 is 15.9 Å². The zero-order chi connectivity index (χ0) is 20.8. The average molecular weight is 632 g/mol. The predicted molar refractivity (Wildman–Crippen MR) is 134 cm³/mol. The highest BCUT2D eigenvalue weighted by Gasteiger charge is 2.10. The summed E-state index contributed by atoms with van der Waals surface area (Å²) in [7, 11) is 0. The van der Waals surface area contributed by atoms with Crippen molar-refractivity contribution in [3.63, 3.8) is 0 Å². The Balaban J connectivity index is 1.65. The standard InChI is InChI=1S/C21H16ClI2N3O2/c22-15-7-5-13(6-8-15)12-29-20-17(23)9-14(10-18(20)24)11-26-27-21(28)16-3-1-2-4-19(16)25/h1-11H,12,25H2,(H,27,28)/b26-11-. The molecule has 5 nitrogen and oxygen atoms in total. The molecular formula is C21H16ClI2N3O2. The third kappa shape index (κ3) is 6.06. The van der Waals surface area contributed by atoms with Crippen LogP contribution in [0.25, 0.3) is 0 Å². The predicted octanol–water partition coefficient (Wildman–Crippen LogP) is 5.47. The first-order chi connectivity index (χ1) is 13.9. The maximum Gasteiger partial charge on any atom is 0.273 e. The Morgan fingerprint density at radius 1 is 1.10 bits per heavy atom. The number of benzene rings is 3. The molecule has 3 aromatic rings. The Bertz CT molecular complexity index is 1030. The summed E-state index contributed by atoms with van der Waals surface area (Å²) in [6.45, 7) is 0.450. The molecule has 0 aliphatic heterocycles. The minimum absolute atomic E-state index is 0.355. The number of nitrogens with two attached hydrogens (primary N) is 1. The van der Waals surface area contributed by atoms with Gasteiger partial charge in [0.2, 0.25) is 0 Å². The molecule has 3 N–H and O–H groups in total. The topological polar surface area (TPSA) is 76.7 Å². The first-order valence-electron chi connectivity index (χ1n) is 8.48. The summed E-state index contributed by atoms with van der Waals surface area (Å²) in [4.78, 5) is 12.1. The SMILES string of the molecule is Nc1ccccc1C(=O)N/N=C\c1cc(I)c(OCc2ccc(Cl)cc2)c(I)c1. The van der Waals surface area contributed by atoms with Crippen LogP contribution in [0.1, 0.15) is 21.5 Å². The molecule has 1 amide bonds. The number of para-hydroxylation sites is 1. The second kappa shape index (κ2) is 10.3. The Morgan fingerprint density at radius 2 is 1.76 bits per heavy atom. The summed E-state index contributed by atoms with van der Waals surface area (Å²) in [5, 5.41) is 4.73. The van der Waals surface area contributed by atoms with Gasteiger partial charge < -0.3 is 10.5 Å². The van der Waals surface area contributed by atoms with Gasteiger partial charge in [0.05, 0.1) is 18.9 Å². The Morgan fingerprint density at radius 3 is 2.41 bits per heavy atom. The highest BCUT2D eigenvalue weighted by atomic mass is 127. The van der Waals surface area contributed by atoms with E-state index in [2.05, 4.69) is 55.7 Å². The van der Waals surface area contributed by atoms with Gasteiger partial charge in [0.25, 0.3) is 5.91 Å². The van der Waals surface area contributed by atoms with Gasteiger partial charge in [-0.25, -0.2) is 5.43 Å². The molecule has 0 atom stereocenters. The molecule has 0 aromatic heterocycles. The van der Waals surface area contributed by atoms with Crippen molar-refractivity contribution in [3.05, 3.63) is 89.5 Å². The smallest absolute Gasteiger partial charge is 0.273 e. The lowest BCUT2D eigenvalue weighted by molar-refractivity contribution is 0.0956. The second-order valence-electron chi connectivity index (χ2n) is 6.02. The lowest BCUT2D eigenvalue weighted by Crippen LogP contribution is -2.19. The van der Waals surface area contributed by atoms with Gasteiger partial charge in [-0.05, 0) is 92.7 Å². The van der Waals surface area contributed by atoms with Crippen LogP contribution in [0.4, 0.5) is 5.69 Å². The lowest BCUT2D eigenvalue weighted by Gasteiger charge is -2.11. The quantitative estimate of drug-likeness (QED) is 0.164. The summed E-state index contributed by atoms with van der Waals surface area (Å²) in [5.41, 5.74) is 11.0. The highest BCUT2D eigenvalue weighted by Crippen LogP contribution is 2.29. The molecule has 0 aliphatic carbocycles. The lowest BCUT2D eigenvalue weighted by atomic mass is 10.2. The van der Waals surface area contributed by atoms with Crippen molar-refractivity contribution in [1.82, 2.24) is 5.43 Å². The minimum atomic E-state index is -0.355. The van der Waals surface area contributed by atoms with E-state index in [0.717, 1.165) is 24.0 Å². The average Bonchev–Trinajstić information content (AvgIpc) is 2.69. The van der Waals surface area contributed by atoms with Gasteiger partial charge >= 0.3 is 0 Å². The third-order valence-corrected chi connectivity index (χ3v) is 5.76. The number of hydrogen-bond acceptors (Lipinski definition) is 4. The molecule has 0 spiro atoms. The van der Waals surface area contributed by atoms with E-state index in [9.17, 15) is 4.79 Å². The summed E-state index contributed by atoms with van der Waals surface area (Å²) >= 11 is 10.4. The van der Waals surface area contributed by atoms with Crippen LogP contribution in [-0.4, -0.2) is 12.1 Å². The normalized spacial score (nSPS) is 10.9. The summed E-state index contributed by atoms with van der Waals surface area (Å²) in [6.07, 6.45) is 1.59. The molecule has 3 rings (SSSR count). The van der Waals surface area contributed by atoms with Gasteiger partial charge in [0.1, 0.15) is 12.4 Å². The summed E-state index contributed by atoms with van der Waals surface area (Å²) in [5.74, 6) is 0.450. The molecule has 0 saturated carbocycles. The van der Waals surface area contributed by atoms with Crippen molar-refractivity contribution in [1.29, 1.82) is 0 Å². The molecule has 0 fully saturated rings. The number of nitrogens with zero attached hydrogens (tertiary/aromatic N) is 1. The van der Waals surface area contributed by atoms with E-state index in [4.69, 9.17) is 22.1 Å². The zero-order valence-corrected chi connectivity index (χ0v) is 20.1. The fraction of sp³-hybridized carbons (Fsp3) is 0.0476. The third-order valence-electron chi connectivity index (χ3n) is 3.90. The summed E-state index contributed by atoms with van der Waals surface area (Å²) in [6, 6.07) is 18.3. The molecule has 0 heterocycles. The van der Waals surface area contributed by atoms with E-state index in [1.54, 1.807) is 30.5 Å². The van der Waals surface area contributed by atoms with E-state index >= 15 is 0 Å². The van der Waals surface area contributed by atoms with Crippen LogP contribution in [-0.2, 0) is 6.61 Å². The van der Waals surface area contributed by atoms with Crippen LogP contribution in [0.5, 0.6) is 5.75 Å². The van der Waals surface area contributed by atoms with Gasteiger partial charge in [0.15, 0.2) is 0 Å². The number of rotatable bonds is 6. The van der Waals surface area contributed by atoms with E-state index in [-0.39, 0.29) is 5.91 Å². The second-order valence-corrected chi connectivity index (χ2v) is 8.78. The van der Waals surface area contributed by atoms with Gasteiger partial charge in [0, 0.05) is 10.7 Å². The summed E-state index contributed by atoms with van der Waals surface area (Å²) < 4.78 is 7.87. The molecule has 8 heteroatoms. The Kier molecular flexibility index (Phi) is 7.73. The van der Waals surface area contributed by atoms with E-state index < -0.39 is 0 Å². The van der Waals surface area contributed by atoms with Crippen molar-refractivity contribution in [2.75, 3.05) is 5.73 Å². The molecule has 0 bridgehead atoms. The number of carbonyl (C=O) groups is 1. The minimum Gasteiger partial charge on any atom is -0.487 e. The van der Waals surface area contributed by atoms with Crippen molar-refractivity contribution in [2.45, 2.75) is 6.61 Å². The van der Waals surface area contributed by atoms with Gasteiger partial charge in [-0.15, -0.1) is 0 Å². The van der Waals surface area contributed by atoms with Crippen LogP contribution in [0, 0.1) is 7.14 Å². The maximum atomic E-state index is 12.1. The van der Waals surface area contributed by atoms with Crippen LogP contribution in [0.3, 0.4) is 0 Å². The monoisotopic (exact) mass is 631 g/mol. The van der Waals surface area contributed by atoms with Crippen LogP contribution in [0.15, 0.2) is 65.8 Å². The van der Waals surface area contributed by atoms with Crippen LogP contribution in [0.2, 0.25) is 5.02 Å². The van der Waals surface area contributed by atoms with Crippen molar-refractivity contribution >= 4 is 74.6 Å². The Hall–Kier alpha value is -1.85. The highest BCUT2D eigenvalue weighted by molar-refractivity contribution is 14.1.